The Balaban J connectivity index is 1.54. The normalized spacial score (nSPS) is 13.5. The molecule has 3 rings (SSSR count). The second-order valence-corrected chi connectivity index (χ2v) is 6.41. The van der Waals surface area contributed by atoms with Gasteiger partial charge in [-0.2, -0.15) is 0 Å². The number of carbonyl (C=O) groups is 1. The fraction of sp³-hybridized carbons (Fsp3) is 0.368. The van der Waals surface area contributed by atoms with E-state index in [1.54, 1.807) is 6.07 Å². The van der Waals surface area contributed by atoms with Crippen molar-refractivity contribution < 1.29 is 13.6 Å². The minimum absolute atomic E-state index is 0.105. The highest BCUT2D eigenvalue weighted by Gasteiger charge is 2.27. The minimum atomic E-state index is -3.02. The van der Waals surface area contributed by atoms with Gasteiger partial charge < -0.3 is 16.0 Å². The van der Waals surface area contributed by atoms with Crippen LogP contribution in [0, 0.1) is 0 Å². The first-order valence-electron chi connectivity index (χ1n) is 8.68. The summed E-state index contributed by atoms with van der Waals surface area (Å²) in [4.78, 5) is 16.6. The Hall–Kier alpha value is -2.70. The van der Waals surface area contributed by atoms with E-state index < -0.39 is 12.0 Å². The fourth-order valence-electron chi connectivity index (χ4n) is 2.95. The van der Waals surface area contributed by atoms with Crippen molar-refractivity contribution in [3.8, 4) is 0 Å². The van der Waals surface area contributed by atoms with Crippen LogP contribution in [0.2, 0.25) is 0 Å². The number of alkyl halides is 2. The Kier molecular flexibility index (Phi) is 5.35. The highest BCUT2D eigenvalue weighted by atomic mass is 19.3. The third-order valence-electron chi connectivity index (χ3n) is 4.27. The Morgan fingerprint density at radius 2 is 2.08 bits per heavy atom. The number of para-hydroxylation sites is 1. The highest BCUT2D eigenvalue weighted by molar-refractivity contribution is 5.90. The summed E-state index contributed by atoms with van der Waals surface area (Å²) in [6.07, 6.45) is 2.69. The molecule has 2 aromatic rings. The van der Waals surface area contributed by atoms with Gasteiger partial charge in [0.2, 0.25) is 0 Å². The molecule has 2 amide bonds. The number of pyridine rings is 1. The Bertz CT molecular complexity index is 789. The zero-order valence-corrected chi connectivity index (χ0v) is 14.6. The molecule has 26 heavy (non-hydrogen) atoms. The van der Waals surface area contributed by atoms with Gasteiger partial charge in [0.1, 0.15) is 5.82 Å². The maximum absolute atomic E-state index is 13.6. The summed E-state index contributed by atoms with van der Waals surface area (Å²) >= 11 is 0. The number of urea groups is 1. The van der Waals surface area contributed by atoms with E-state index in [-0.39, 0.29) is 11.3 Å². The second-order valence-electron chi connectivity index (χ2n) is 6.41. The smallest absolute Gasteiger partial charge is 0.319 e. The lowest BCUT2D eigenvalue weighted by Gasteiger charge is -2.18. The topological polar surface area (TPSA) is 66.0 Å². The lowest BCUT2D eigenvalue weighted by atomic mass is 10.1. The first kappa shape index (κ1) is 18.1. The third-order valence-corrected chi connectivity index (χ3v) is 4.27. The van der Waals surface area contributed by atoms with E-state index in [1.807, 2.05) is 6.07 Å². The van der Waals surface area contributed by atoms with E-state index >= 15 is 0 Å². The van der Waals surface area contributed by atoms with Crippen LogP contribution in [0.4, 0.5) is 25.1 Å². The number of rotatable bonds is 5. The lowest BCUT2D eigenvalue weighted by Crippen LogP contribution is -2.31. The fourth-order valence-corrected chi connectivity index (χ4v) is 2.95. The quantitative estimate of drug-likeness (QED) is 0.757. The lowest BCUT2D eigenvalue weighted by molar-refractivity contribution is 0.0183. The molecule has 1 aromatic carbocycles. The number of carbonyl (C=O) groups excluding carboxylic acids is 1. The van der Waals surface area contributed by atoms with Crippen LogP contribution in [0.15, 0.2) is 36.4 Å². The molecule has 7 heteroatoms. The predicted octanol–water partition coefficient (Wildman–Crippen LogP) is 3.92. The summed E-state index contributed by atoms with van der Waals surface area (Å²) in [7, 11) is 0. The van der Waals surface area contributed by atoms with Gasteiger partial charge in [0.25, 0.3) is 5.92 Å². The number of hydrogen-bond donors (Lipinski definition) is 3. The van der Waals surface area contributed by atoms with Crippen molar-refractivity contribution in [3.05, 3.63) is 53.2 Å². The number of nitrogens with one attached hydrogen (secondary N) is 3. The van der Waals surface area contributed by atoms with Crippen molar-refractivity contribution in [2.24, 2.45) is 0 Å². The Morgan fingerprint density at radius 1 is 1.27 bits per heavy atom. The molecule has 0 spiro atoms. The van der Waals surface area contributed by atoms with Crippen molar-refractivity contribution in [2.45, 2.75) is 32.1 Å². The molecule has 138 valence electrons. The van der Waals surface area contributed by atoms with E-state index in [9.17, 15) is 13.6 Å². The molecule has 0 atom stereocenters. The van der Waals surface area contributed by atoms with E-state index in [0.29, 0.717) is 13.0 Å². The van der Waals surface area contributed by atoms with Crippen LogP contribution in [0.25, 0.3) is 0 Å². The number of amides is 2. The molecule has 3 N–H and O–H groups in total. The summed E-state index contributed by atoms with van der Waals surface area (Å²) in [6, 6.07) is 9.39. The first-order chi connectivity index (χ1) is 12.4. The summed E-state index contributed by atoms with van der Waals surface area (Å²) < 4.78 is 27.2. The van der Waals surface area contributed by atoms with Crippen LogP contribution in [0.3, 0.4) is 0 Å². The monoisotopic (exact) mass is 360 g/mol. The zero-order valence-electron chi connectivity index (χ0n) is 14.6. The molecule has 2 heterocycles. The van der Waals surface area contributed by atoms with E-state index in [4.69, 9.17) is 0 Å². The number of anilines is 2. The second kappa shape index (κ2) is 7.68. The van der Waals surface area contributed by atoms with E-state index in [1.165, 1.54) is 23.8 Å². The Labute approximate surface area is 151 Å². The molecule has 0 saturated heterocycles. The Morgan fingerprint density at radius 3 is 2.88 bits per heavy atom. The van der Waals surface area contributed by atoms with Gasteiger partial charge >= 0.3 is 6.03 Å². The molecular formula is C19H22F2N4O. The van der Waals surface area contributed by atoms with Crippen molar-refractivity contribution in [1.29, 1.82) is 0 Å². The van der Waals surface area contributed by atoms with Crippen molar-refractivity contribution in [1.82, 2.24) is 10.3 Å². The minimum Gasteiger partial charge on any atom is -0.370 e. The number of halogens is 2. The number of aromatic nitrogens is 1. The average Bonchev–Trinajstić information content (AvgIpc) is 2.61. The average molecular weight is 360 g/mol. The maximum atomic E-state index is 13.6. The highest BCUT2D eigenvalue weighted by Crippen LogP contribution is 2.32. The third kappa shape index (κ3) is 4.47. The van der Waals surface area contributed by atoms with Crippen LogP contribution < -0.4 is 16.0 Å². The van der Waals surface area contributed by atoms with Crippen LogP contribution in [0.5, 0.6) is 0 Å². The number of aryl methyl sites for hydroxylation is 1. The SMILES string of the molecule is CC(F)(F)c1ccccc1NC(=O)NCCc1ccc2c(n1)NCCC2. The van der Waals surface area contributed by atoms with Crippen molar-refractivity contribution >= 4 is 17.5 Å². The van der Waals surface area contributed by atoms with Gasteiger partial charge in [0.15, 0.2) is 0 Å². The summed E-state index contributed by atoms with van der Waals surface area (Å²) in [5, 5.41) is 8.45. The molecule has 0 unspecified atom stereocenters. The van der Waals surface area contributed by atoms with Gasteiger partial charge in [0, 0.05) is 37.7 Å². The standard InChI is InChI=1S/C19H22F2N4O/c1-19(20,21)15-6-2-3-7-16(15)25-18(26)23-12-10-14-9-8-13-5-4-11-22-17(13)24-14/h2-3,6-9H,4-5,10-12H2,1H3,(H,22,24)(H2,23,25,26). The molecule has 0 fully saturated rings. The van der Waals surface area contributed by atoms with Crippen LogP contribution in [0.1, 0.15) is 30.2 Å². The van der Waals surface area contributed by atoms with Crippen LogP contribution >= 0.6 is 0 Å². The number of fused-ring (bicyclic) bond motifs is 1. The zero-order chi connectivity index (χ0) is 18.6. The molecule has 5 nitrogen and oxygen atoms in total. The van der Waals surface area contributed by atoms with Crippen molar-refractivity contribution in [3.63, 3.8) is 0 Å². The van der Waals surface area contributed by atoms with Gasteiger partial charge in [-0.05, 0) is 30.5 Å². The molecule has 0 saturated carbocycles. The van der Waals surface area contributed by atoms with Crippen LogP contribution in [-0.4, -0.2) is 24.1 Å². The molecule has 1 aliphatic heterocycles. The molecule has 0 radical (unpaired) electrons. The molecule has 0 bridgehead atoms. The first-order valence-corrected chi connectivity index (χ1v) is 8.68. The number of hydrogen-bond acceptors (Lipinski definition) is 3. The predicted molar refractivity (Wildman–Crippen MR) is 97.8 cm³/mol. The summed E-state index contributed by atoms with van der Waals surface area (Å²) in [5.74, 6) is -2.11. The van der Waals surface area contributed by atoms with Crippen molar-refractivity contribution in [2.75, 3.05) is 23.7 Å². The molecule has 0 aliphatic carbocycles. The van der Waals surface area contributed by atoms with Crippen LogP contribution in [-0.2, 0) is 18.8 Å². The van der Waals surface area contributed by atoms with E-state index in [2.05, 4.69) is 27.0 Å². The largest absolute Gasteiger partial charge is 0.370 e. The maximum Gasteiger partial charge on any atom is 0.319 e. The number of nitrogens with zero attached hydrogens (tertiary/aromatic N) is 1. The molecular weight excluding hydrogens is 338 g/mol. The van der Waals surface area contributed by atoms with Gasteiger partial charge in [-0.25, -0.2) is 18.6 Å². The van der Waals surface area contributed by atoms with Gasteiger partial charge in [0.05, 0.1) is 5.69 Å². The summed E-state index contributed by atoms with van der Waals surface area (Å²) in [6.45, 7) is 2.09. The molecule has 1 aliphatic rings. The molecule has 1 aromatic heterocycles. The van der Waals surface area contributed by atoms with Gasteiger partial charge in [-0.15, -0.1) is 0 Å². The van der Waals surface area contributed by atoms with Gasteiger partial charge in [-0.1, -0.05) is 24.3 Å². The van der Waals surface area contributed by atoms with Gasteiger partial charge in [-0.3, -0.25) is 0 Å². The number of benzene rings is 1. The summed E-state index contributed by atoms with van der Waals surface area (Å²) in [5.41, 5.74) is 1.98. The van der Waals surface area contributed by atoms with E-state index in [0.717, 1.165) is 37.8 Å².